The number of hydrogen-bond donors (Lipinski definition) is 1. The summed E-state index contributed by atoms with van der Waals surface area (Å²) in [5.41, 5.74) is 5.91. The quantitative estimate of drug-likeness (QED) is 0.807. The molecule has 0 aromatic rings. The topological polar surface area (TPSA) is 47.7 Å². The van der Waals surface area contributed by atoms with E-state index in [9.17, 15) is 0 Å². The lowest BCUT2D eigenvalue weighted by Crippen LogP contribution is -2.56. The van der Waals surface area contributed by atoms with E-state index in [1.807, 2.05) is 0 Å². The molecule has 3 atom stereocenters. The van der Waals surface area contributed by atoms with Crippen LogP contribution in [0.2, 0.25) is 0 Å². The van der Waals surface area contributed by atoms with Gasteiger partial charge in [-0.25, -0.2) is 0 Å². The van der Waals surface area contributed by atoms with Gasteiger partial charge in [-0.3, -0.25) is 4.90 Å². The molecule has 0 radical (unpaired) electrons. The SMILES string of the molecule is COC(C)(C)CC(CN)N1CCOC2CCCC21. The van der Waals surface area contributed by atoms with Crippen LogP contribution in [0.4, 0.5) is 0 Å². The summed E-state index contributed by atoms with van der Waals surface area (Å²) in [7, 11) is 1.78. The summed E-state index contributed by atoms with van der Waals surface area (Å²) in [6.07, 6.45) is 5.19. The fourth-order valence-corrected chi connectivity index (χ4v) is 3.40. The summed E-state index contributed by atoms with van der Waals surface area (Å²) in [5, 5.41) is 0. The lowest BCUT2D eigenvalue weighted by Gasteiger charge is -2.44. The van der Waals surface area contributed by atoms with Gasteiger partial charge >= 0.3 is 0 Å². The summed E-state index contributed by atoms with van der Waals surface area (Å²) >= 11 is 0. The molecule has 2 fully saturated rings. The smallest absolute Gasteiger partial charge is 0.0731 e. The van der Waals surface area contributed by atoms with E-state index in [-0.39, 0.29) is 5.60 Å². The molecule has 2 aliphatic rings. The molecule has 1 aliphatic carbocycles. The van der Waals surface area contributed by atoms with Gasteiger partial charge in [0.2, 0.25) is 0 Å². The van der Waals surface area contributed by atoms with Crippen LogP contribution in [0.3, 0.4) is 0 Å². The zero-order chi connectivity index (χ0) is 13.2. The second-order valence-electron chi connectivity index (χ2n) is 6.20. The molecule has 2 rings (SSSR count). The number of nitrogens with two attached hydrogens (primary N) is 1. The van der Waals surface area contributed by atoms with Crippen molar-refractivity contribution in [3.8, 4) is 0 Å². The van der Waals surface area contributed by atoms with Gasteiger partial charge in [0.15, 0.2) is 0 Å². The van der Waals surface area contributed by atoms with E-state index in [0.717, 1.165) is 19.6 Å². The van der Waals surface area contributed by atoms with Crippen LogP contribution in [0.1, 0.15) is 39.5 Å². The average molecular weight is 256 g/mol. The number of fused-ring (bicyclic) bond motifs is 1. The maximum absolute atomic E-state index is 6.01. The third-order valence-electron chi connectivity index (χ3n) is 4.55. The summed E-state index contributed by atoms with van der Waals surface area (Å²) < 4.78 is 11.4. The van der Waals surface area contributed by atoms with Crippen molar-refractivity contribution >= 4 is 0 Å². The van der Waals surface area contributed by atoms with Gasteiger partial charge in [0.05, 0.1) is 18.3 Å². The summed E-state index contributed by atoms with van der Waals surface area (Å²) in [6, 6.07) is 0.995. The van der Waals surface area contributed by atoms with Crippen molar-refractivity contribution in [3.63, 3.8) is 0 Å². The van der Waals surface area contributed by atoms with Crippen LogP contribution in [-0.4, -0.2) is 55.5 Å². The largest absolute Gasteiger partial charge is 0.379 e. The molecule has 4 heteroatoms. The molecule has 0 spiro atoms. The van der Waals surface area contributed by atoms with E-state index in [2.05, 4.69) is 18.7 Å². The van der Waals surface area contributed by atoms with E-state index in [0.29, 0.717) is 24.7 Å². The monoisotopic (exact) mass is 256 g/mol. The molecule has 106 valence electrons. The number of morpholine rings is 1. The molecule has 3 unspecified atom stereocenters. The molecule has 0 bridgehead atoms. The Kier molecular flexibility index (Phi) is 4.64. The normalized spacial score (nSPS) is 31.3. The third kappa shape index (κ3) is 3.05. The van der Waals surface area contributed by atoms with Gasteiger partial charge in [0.1, 0.15) is 0 Å². The van der Waals surface area contributed by atoms with E-state index in [4.69, 9.17) is 15.2 Å². The zero-order valence-corrected chi connectivity index (χ0v) is 12.0. The van der Waals surface area contributed by atoms with Gasteiger partial charge in [0.25, 0.3) is 0 Å². The number of ether oxygens (including phenoxy) is 2. The third-order valence-corrected chi connectivity index (χ3v) is 4.55. The Morgan fingerprint density at radius 3 is 2.89 bits per heavy atom. The van der Waals surface area contributed by atoms with Crippen molar-refractivity contribution < 1.29 is 9.47 Å². The van der Waals surface area contributed by atoms with Crippen LogP contribution in [0.15, 0.2) is 0 Å². The van der Waals surface area contributed by atoms with Crippen LogP contribution < -0.4 is 5.73 Å². The molecule has 1 heterocycles. The Balaban J connectivity index is 2.02. The van der Waals surface area contributed by atoms with Gasteiger partial charge in [-0.1, -0.05) is 0 Å². The van der Waals surface area contributed by atoms with Crippen LogP contribution in [0.5, 0.6) is 0 Å². The number of hydrogen-bond acceptors (Lipinski definition) is 4. The average Bonchev–Trinajstić information content (AvgIpc) is 2.84. The Hall–Kier alpha value is -0.160. The molecule has 0 amide bonds. The molecular formula is C14H28N2O2. The molecule has 4 nitrogen and oxygen atoms in total. The first-order chi connectivity index (χ1) is 8.57. The first-order valence-electron chi connectivity index (χ1n) is 7.20. The minimum atomic E-state index is -0.101. The van der Waals surface area contributed by atoms with E-state index in [1.54, 1.807) is 7.11 Å². The van der Waals surface area contributed by atoms with E-state index >= 15 is 0 Å². The van der Waals surface area contributed by atoms with Crippen LogP contribution in [-0.2, 0) is 9.47 Å². The fraction of sp³-hybridized carbons (Fsp3) is 1.00. The molecule has 1 aliphatic heterocycles. The van der Waals surface area contributed by atoms with Crippen molar-refractivity contribution in [2.75, 3.05) is 26.8 Å². The predicted octanol–water partition coefficient (Wildman–Crippen LogP) is 1.38. The van der Waals surface area contributed by atoms with E-state index < -0.39 is 0 Å². The highest BCUT2D eigenvalue weighted by atomic mass is 16.5. The maximum atomic E-state index is 6.01. The highest BCUT2D eigenvalue weighted by Crippen LogP contribution is 2.32. The van der Waals surface area contributed by atoms with Gasteiger partial charge in [-0.15, -0.1) is 0 Å². The van der Waals surface area contributed by atoms with Crippen molar-refractivity contribution in [2.45, 2.75) is 63.3 Å². The van der Waals surface area contributed by atoms with Crippen LogP contribution in [0.25, 0.3) is 0 Å². The van der Waals surface area contributed by atoms with Crippen molar-refractivity contribution in [1.82, 2.24) is 4.90 Å². The first kappa shape index (κ1) is 14.3. The molecule has 1 saturated carbocycles. The number of nitrogens with zero attached hydrogens (tertiary/aromatic N) is 1. The van der Waals surface area contributed by atoms with Gasteiger partial charge < -0.3 is 15.2 Å². The summed E-state index contributed by atoms with van der Waals surface area (Å²) in [4.78, 5) is 2.59. The molecule has 1 saturated heterocycles. The Morgan fingerprint density at radius 1 is 1.44 bits per heavy atom. The minimum Gasteiger partial charge on any atom is -0.379 e. The first-order valence-corrected chi connectivity index (χ1v) is 7.20. The fourth-order valence-electron chi connectivity index (χ4n) is 3.40. The Morgan fingerprint density at radius 2 is 2.22 bits per heavy atom. The van der Waals surface area contributed by atoms with E-state index in [1.165, 1.54) is 19.3 Å². The van der Waals surface area contributed by atoms with Crippen molar-refractivity contribution in [1.29, 1.82) is 0 Å². The van der Waals surface area contributed by atoms with Gasteiger partial charge in [0, 0.05) is 32.3 Å². The zero-order valence-electron chi connectivity index (χ0n) is 12.0. The second kappa shape index (κ2) is 5.87. The molecule has 0 aromatic heterocycles. The lowest BCUT2D eigenvalue weighted by atomic mass is 9.95. The predicted molar refractivity (Wildman–Crippen MR) is 72.6 cm³/mol. The maximum Gasteiger partial charge on any atom is 0.0731 e. The number of rotatable bonds is 5. The number of methoxy groups -OCH3 is 1. The highest BCUT2D eigenvalue weighted by Gasteiger charge is 2.40. The lowest BCUT2D eigenvalue weighted by molar-refractivity contribution is -0.0858. The summed E-state index contributed by atoms with van der Waals surface area (Å²) in [6.45, 7) is 6.86. The van der Waals surface area contributed by atoms with Gasteiger partial charge in [-0.05, 0) is 39.5 Å². The van der Waals surface area contributed by atoms with Crippen molar-refractivity contribution in [2.24, 2.45) is 5.73 Å². The standard InChI is InChI=1S/C14H28N2O2/c1-14(2,17-3)9-11(10-15)16-7-8-18-13-6-4-5-12(13)16/h11-13H,4-10,15H2,1-3H3. The van der Waals surface area contributed by atoms with Crippen LogP contribution >= 0.6 is 0 Å². The summed E-state index contributed by atoms with van der Waals surface area (Å²) in [5.74, 6) is 0. The Bertz CT molecular complexity index is 271. The van der Waals surface area contributed by atoms with Crippen LogP contribution in [0, 0.1) is 0 Å². The molecule has 2 N–H and O–H groups in total. The Labute approximate surface area is 111 Å². The molecule has 18 heavy (non-hydrogen) atoms. The second-order valence-corrected chi connectivity index (χ2v) is 6.20. The molecular weight excluding hydrogens is 228 g/mol. The highest BCUT2D eigenvalue weighted by molar-refractivity contribution is 4.94. The molecule has 0 aromatic carbocycles. The minimum absolute atomic E-state index is 0.101. The van der Waals surface area contributed by atoms with Crippen molar-refractivity contribution in [3.05, 3.63) is 0 Å². The van der Waals surface area contributed by atoms with Gasteiger partial charge in [-0.2, -0.15) is 0 Å².